The number of benzene rings is 1. The quantitative estimate of drug-likeness (QED) is 0.484. The molecule has 0 aliphatic heterocycles. The van der Waals surface area contributed by atoms with Crippen molar-refractivity contribution in [2.45, 2.75) is 85.5 Å². The Balaban J connectivity index is 3.45. The summed E-state index contributed by atoms with van der Waals surface area (Å²) in [6, 6.07) is 4.91. The van der Waals surface area contributed by atoms with E-state index < -0.39 is 47.6 Å². The summed E-state index contributed by atoms with van der Waals surface area (Å²) in [7, 11) is 1.23. The first-order valence-corrected chi connectivity index (χ1v) is 11.9. The number of alkyl carbamates (subject to hydrolysis) is 1. The van der Waals surface area contributed by atoms with Crippen LogP contribution in [0.3, 0.4) is 0 Å². The molecular formula is C26H41N3O6. The van der Waals surface area contributed by atoms with Crippen LogP contribution < -0.4 is 10.6 Å². The van der Waals surface area contributed by atoms with E-state index >= 15 is 0 Å². The average Bonchev–Trinajstić information content (AvgIpc) is 2.77. The summed E-state index contributed by atoms with van der Waals surface area (Å²) in [6.45, 7) is 14.2. The van der Waals surface area contributed by atoms with Crippen molar-refractivity contribution in [1.82, 2.24) is 15.5 Å². The highest BCUT2D eigenvalue weighted by molar-refractivity contribution is 5.93. The van der Waals surface area contributed by atoms with Crippen LogP contribution >= 0.6 is 0 Å². The Morgan fingerprint density at radius 3 is 2.06 bits per heavy atom. The molecule has 0 aliphatic rings. The molecule has 9 nitrogen and oxygen atoms in total. The lowest BCUT2D eigenvalue weighted by atomic mass is 9.94. The van der Waals surface area contributed by atoms with Gasteiger partial charge in [-0.3, -0.25) is 14.4 Å². The Morgan fingerprint density at radius 1 is 1.03 bits per heavy atom. The minimum atomic E-state index is -1.03. The second-order valence-corrected chi connectivity index (χ2v) is 9.96. The van der Waals surface area contributed by atoms with Crippen molar-refractivity contribution in [3.63, 3.8) is 0 Å². The predicted molar refractivity (Wildman–Crippen MR) is 134 cm³/mol. The number of nitrogens with zero attached hydrogens (tertiary/aromatic N) is 1. The number of methoxy groups -OCH3 is 1. The summed E-state index contributed by atoms with van der Waals surface area (Å²) in [5.74, 6) is -1.78. The number of carbonyl (C=O) groups is 4. The maximum absolute atomic E-state index is 14.0. The molecule has 9 heteroatoms. The van der Waals surface area contributed by atoms with Gasteiger partial charge in [-0.15, -0.1) is 0 Å². The Labute approximate surface area is 208 Å². The smallest absolute Gasteiger partial charge is 0.408 e. The Bertz CT molecular complexity index is 876. The van der Waals surface area contributed by atoms with Crippen molar-refractivity contribution in [1.29, 1.82) is 0 Å². The topological polar surface area (TPSA) is 114 Å². The minimum absolute atomic E-state index is 0.229. The van der Waals surface area contributed by atoms with Crippen LogP contribution in [0.4, 0.5) is 4.79 Å². The first kappa shape index (κ1) is 29.9. The third-order valence-corrected chi connectivity index (χ3v) is 5.52. The normalized spacial score (nSPS) is 13.9. The van der Waals surface area contributed by atoms with E-state index in [1.54, 1.807) is 46.8 Å². The van der Waals surface area contributed by atoms with Crippen LogP contribution in [0.15, 0.2) is 24.3 Å². The number of carbonyl (C=O) groups excluding carboxylic acids is 4. The third kappa shape index (κ3) is 9.22. The van der Waals surface area contributed by atoms with Crippen molar-refractivity contribution in [2.75, 3.05) is 13.7 Å². The number of amides is 3. The zero-order valence-corrected chi connectivity index (χ0v) is 22.4. The molecule has 35 heavy (non-hydrogen) atoms. The number of esters is 1. The number of hydrogen-bond acceptors (Lipinski definition) is 6. The van der Waals surface area contributed by atoms with E-state index in [4.69, 9.17) is 4.74 Å². The van der Waals surface area contributed by atoms with Crippen LogP contribution in [0.25, 0.3) is 0 Å². The molecule has 0 aromatic heterocycles. The van der Waals surface area contributed by atoms with Crippen LogP contribution in [-0.4, -0.2) is 60.1 Å². The van der Waals surface area contributed by atoms with Gasteiger partial charge < -0.3 is 25.0 Å². The standard InChI is InChI=1S/C26H41N3O6/c1-10-18(5)21(28-25(33)35-26(6,7)8)24(32)29(16(2)3)22(19-13-11-17(4)12-14-19)23(31)27-15-20(30)34-9/h11-14,16,18,21-22H,10,15H2,1-9H3,(H,27,31)(H,28,33). The second kappa shape index (κ2) is 13.1. The molecule has 1 aromatic rings. The number of ether oxygens (including phenoxy) is 2. The fraction of sp³-hybridized carbons (Fsp3) is 0.615. The van der Waals surface area contributed by atoms with Gasteiger partial charge in [-0.25, -0.2) is 4.79 Å². The van der Waals surface area contributed by atoms with E-state index in [1.165, 1.54) is 12.0 Å². The molecule has 0 aliphatic carbocycles. The van der Waals surface area contributed by atoms with Crippen LogP contribution in [0.2, 0.25) is 0 Å². The SMILES string of the molecule is CCC(C)C(NC(=O)OC(C)(C)C)C(=O)N(C(C)C)C(C(=O)NCC(=O)OC)c1ccc(C)cc1. The monoisotopic (exact) mass is 491 g/mol. The highest BCUT2D eigenvalue weighted by atomic mass is 16.6. The summed E-state index contributed by atoms with van der Waals surface area (Å²) in [5, 5.41) is 5.29. The van der Waals surface area contributed by atoms with E-state index in [1.807, 2.05) is 32.9 Å². The molecule has 0 bridgehead atoms. The van der Waals surface area contributed by atoms with E-state index in [-0.39, 0.29) is 12.5 Å². The first-order chi connectivity index (χ1) is 16.2. The van der Waals surface area contributed by atoms with Crippen LogP contribution in [0.1, 0.15) is 72.1 Å². The van der Waals surface area contributed by atoms with Gasteiger partial charge in [-0.1, -0.05) is 50.1 Å². The Morgan fingerprint density at radius 2 is 1.60 bits per heavy atom. The van der Waals surface area contributed by atoms with Gasteiger partial charge in [-0.05, 0) is 53.0 Å². The molecule has 0 spiro atoms. The van der Waals surface area contributed by atoms with Gasteiger partial charge in [0.1, 0.15) is 24.2 Å². The molecule has 0 radical (unpaired) electrons. The Hall–Kier alpha value is -3.10. The van der Waals surface area contributed by atoms with Gasteiger partial charge in [-0.2, -0.15) is 0 Å². The van der Waals surface area contributed by atoms with E-state index in [2.05, 4.69) is 15.4 Å². The van der Waals surface area contributed by atoms with Gasteiger partial charge >= 0.3 is 12.1 Å². The van der Waals surface area contributed by atoms with Crippen molar-refractivity contribution in [3.8, 4) is 0 Å². The zero-order valence-electron chi connectivity index (χ0n) is 22.4. The lowest BCUT2D eigenvalue weighted by molar-refractivity contribution is -0.146. The van der Waals surface area contributed by atoms with Crippen molar-refractivity contribution in [2.24, 2.45) is 5.92 Å². The molecule has 0 heterocycles. The second-order valence-electron chi connectivity index (χ2n) is 9.96. The van der Waals surface area contributed by atoms with Gasteiger partial charge in [0.05, 0.1) is 7.11 Å². The Kier molecular flexibility index (Phi) is 11.2. The number of hydrogen-bond donors (Lipinski definition) is 2. The van der Waals surface area contributed by atoms with Gasteiger partial charge in [0.2, 0.25) is 11.8 Å². The van der Waals surface area contributed by atoms with Crippen LogP contribution in [0, 0.1) is 12.8 Å². The molecule has 1 rings (SSSR count). The summed E-state index contributed by atoms with van der Waals surface area (Å²) >= 11 is 0. The summed E-state index contributed by atoms with van der Waals surface area (Å²) in [5.41, 5.74) is 0.845. The molecular weight excluding hydrogens is 450 g/mol. The highest BCUT2D eigenvalue weighted by Crippen LogP contribution is 2.27. The van der Waals surface area contributed by atoms with E-state index in [0.29, 0.717) is 12.0 Å². The molecule has 3 amide bonds. The summed E-state index contributed by atoms with van der Waals surface area (Å²) in [4.78, 5) is 53.0. The fourth-order valence-corrected chi connectivity index (χ4v) is 3.47. The van der Waals surface area contributed by atoms with Crippen LogP contribution in [-0.2, 0) is 23.9 Å². The fourth-order valence-electron chi connectivity index (χ4n) is 3.47. The lowest BCUT2D eigenvalue weighted by Gasteiger charge is -2.38. The molecule has 2 N–H and O–H groups in total. The molecule has 0 fully saturated rings. The van der Waals surface area contributed by atoms with E-state index in [0.717, 1.165) is 5.56 Å². The summed E-state index contributed by atoms with van der Waals surface area (Å²) in [6.07, 6.45) is -0.0936. The number of aryl methyl sites for hydroxylation is 1. The van der Waals surface area contributed by atoms with E-state index in [9.17, 15) is 19.2 Å². The van der Waals surface area contributed by atoms with Gasteiger partial charge in [0, 0.05) is 6.04 Å². The molecule has 1 aromatic carbocycles. The average molecular weight is 492 g/mol. The maximum Gasteiger partial charge on any atom is 0.408 e. The molecule has 3 unspecified atom stereocenters. The third-order valence-electron chi connectivity index (χ3n) is 5.52. The number of nitrogens with one attached hydrogen (secondary N) is 2. The summed E-state index contributed by atoms with van der Waals surface area (Å²) < 4.78 is 10.0. The highest BCUT2D eigenvalue weighted by Gasteiger charge is 2.39. The van der Waals surface area contributed by atoms with Crippen molar-refractivity contribution >= 4 is 23.9 Å². The maximum atomic E-state index is 14.0. The van der Waals surface area contributed by atoms with Gasteiger partial charge in [0.25, 0.3) is 0 Å². The largest absolute Gasteiger partial charge is 0.468 e. The van der Waals surface area contributed by atoms with Gasteiger partial charge in [0.15, 0.2) is 0 Å². The molecule has 3 atom stereocenters. The van der Waals surface area contributed by atoms with Crippen molar-refractivity contribution in [3.05, 3.63) is 35.4 Å². The van der Waals surface area contributed by atoms with Crippen molar-refractivity contribution < 1.29 is 28.7 Å². The molecule has 0 saturated carbocycles. The zero-order chi connectivity index (χ0) is 26.9. The van der Waals surface area contributed by atoms with Crippen LogP contribution in [0.5, 0.6) is 0 Å². The molecule has 196 valence electrons. The molecule has 0 saturated heterocycles. The predicted octanol–water partition coefficient (Wildman–Crippen LogP) is 3.50. The minimum Gasteiger partial charge on any atom is -0.468 e. The first-order valence-electron chi connectivity index (χ1n) is 11.9. The lowest BCUT2D eigenvalue weighted by Crippen LogP contribution is -2.57. The number of rotatable bonds is 10.